The van der Waals surface area contributed by atoms with Crippen LogP contribution in [0.4, 0.5) is 4.79 Å². The van der Waals surface area contributed by atoms with Crippen molar-refractivity contribution in [1.82, 2.24) is 5.32 Å². The number of carbonyl (C=O) groups is 2. The molecule has 1 saturated heterocycles. The van der Waals surface area contributed by atoms with E-state index < -0.39 is 0 Å². The van der Waals surface area contributed by atoms with Crippen LogP contribution in [0, 0.1) is 6.92 Å². The molecule has 1 aliphatic heterocycles. The van der Waals surface area contributed by atoms with Crippen LogP contribution >= 0.6 is 11.8 Å². The van der Waals surface area contributed by atoms with Crippen molar-refractivity contribution in [1.29, 1.82) is 0 Å². The molecule has 30 heavy (non-hydrogen) atoms. The van der Waals surface area contributed by atoms with Crippen LogP contribution in [-0.4, -0.2) is 16.4 Å². The maximum Gasteiger partial charge on any atom is 0.286 e. The summed E-state index contributed by atoms with van der Waals surface area (Å²) >= 11 is 1.08. The van der Waals surface area contributed by atoms with E-state index >= 15 is 0 Å². The summed E-state index contributed by atoms with van der Waals surface area (Å²) < 4.78 is 5.95. The van der Waals surface area contributed by atoms with E-state index in [1.165, 1.54) is 11.1 Å². The molecular formula is C25H25NO3S. The van der Waals surface area contributed by atoms with Crippen molar-refractivity contribution in [3.8, 4) is 11.3 Å². The molecule has 1 aromatic heterocycles. The summed E-state index contributed by atoms with van der Waals surface area (Å²) in [5.41, 5.74) is 4.78. The third kappa shape index (κ3) is 5.03. The van der Waals surface area contributed by atoms with Gasteiger partial charge in [-0.3, -0.25) is 14.9 Å². The number of carbonyl (C=O) groups excluding carboxylic acids is 2. The van der Waals surface area contributed by atoms with Crippen LogP contribution in [0.5, 0.6) is 0 Å². The molecule has 0 aliphatic carbocycles. The highest BCUT2D eigenvalue weighted by molar-refractivity contribution is 8.15. The van der Waals surface area contributed by atoms with Gasteiger partial charge in [0.05, 0.1) is 5.25 Å². The van der Waals surface area contributed by atoms with Crippen molar-refractivity contribution < 1.29 is 14.0 Å². The van der Waals surface area contributed by atoms with Gasteiger partial charge in [0.2, 0.25) is 5.91 Å². The Balaban J connectivity index is 1.24. The maximum atomic E-state index is 11.7. The van der Waals surface area contributed by atoms with Gasteiger partial charge in [0.1, 0.15) is 11.5 Å². The lowest BCUT2D eigenvalue weighted by atomic mass is 10.0. The van der Waals surface area contributed by atoms with Crippen LogP contribution in [0.3, 0.4) is 0 Å². The van der Waals surface area contributed by atoms with Gasteiger partial charge in [0.25, 0.3) is 5.24 Å². The number of rotatable bonds is 8. The summed E-state index contributed by atoms with van der Waals surface area (Å²) in [6, 6.07) is 20.8. The van der Waals surface area contributed by atoms with E-state index in [0.29, 0.717) is 6.42 Å². The van der Waals surface area contributed by atoms with Gasteiger partial charge in [0, 0.05) is 5.56 Å². The Morgan fingerprint density at radius 1 is 0.933 bits per heavy atom. The molecule has 4 nitrogen and oxygen atoms in total. The van der Waals surface area contributed by atoms with Crippen LogP contribution in [0.1, 0.15) is 35.3 Å². The Labute approximate surface area is 181 Å². The fourth-order valence-corrected chi connectivity index (χ4v) is 4.60. The molecule has 1 aliphatic rings. The molecule has 1 atom stereocenters. The molecule has 0 bridgehead atoms. The standard InChI is InChI=1S/C25H25NO3S/c1-17-21(16-22(29-17)20-8-3-2-4-9-20)10-6-5-7-18-11-13-19(14-12-18)15-23-24(27)26-25(28)30-23/h2-4,8-9,11-14,16,23H,5-7,10,15H2,1H3,(H,26,27,28). The summed E-state index contributed by atoms with van der Waals surface area (Å²) in [7, 11) is 0. The Kier molecular flexibility index (Phi) is 6.38. The van der Waals surface area contributed by atoms with Gasteiger partial charge in [0.15, 0.2) is 0 Å². The van der Waals surface area contributed by atoms with Gasteiger partial charge >= 0.3 is 0 Å². The van der Waals surface area contributed by atoms with Crippen LogP contribution in [-0.2, 0) is 24.1 Å². The Morgan fingerprint density at radius 2 is 1.63 bits per heavy atom. The first-order valence-corrected chi connectivity index (χ1v) is 11.2. The topological polar surface area (TPSA) is 59.3 Å². The normalized spacial score (nSPS) is 16.1. The minimum Gasteiger partial charge on any atom is -0.461 e. The second-order valence-electron chi connectivity index (χ2n) is 7.67. The highest BCUT2D eigenvalue weighted by Gasteiger charge is 2.31. The molecule has 3 aromatic rings. The number of amides is 2. The summed E-state index contributed by atoms with van der Waals surface area (Å²) in [4.78, 5) is 23.0. The van der Waals surface area contributed by atoms with E-state index in [1.807, 2.05) is 25.1 Å². The van der Waals surface area contributed by atoms with E-state index in [9.17, 15) is 9.59 Å². The highest BCUT2D eigenvalue weighted by atomic mass is 32.2. The first-order chi connectivity index (χ1) is 14.6. The van der Waals surface area contributed by atoms with Gasteiger partial charge in [-0.25, -0.2) is 0 Å². The van der Waals surface area contributed by atoms with Crippen molar-refractivity contribution in [2.75, 3.05) is 0 Å². The average Bonchev–Trinajstić information content (AvgIpc) is 3.28. The molecule has 2 amide bonds. The number of nitrogens with one attached hydrogen (secondary N) is 1. The summed E-state index contributed by atoms with van der Waals surface area (Å²) in [6.07, 6.45) is 4.85. The van der Waals surface area contributed by atoms with Gasteiger partial charge in [-0.1, -0.05) is 66.4 Å². The lowest BCUT2D eigenvalue weighted by molar-refractivity contribution is -0.118. The van der Waals surface area contributed by atoms with E-state index in [2.05, 4.69) is 47.8 Å². The fraction of sp³-hybridized carbons (Fsp3) is 0.280. The monoisotopic (exact) mass is 419 g/mol. The van der Waals surface area contributed by atoms with Crippen LogP contribution < -0.4 is 5.32 Å². The Bertz CT molecular complexity index is 1020. The second-order valence-corrected chi connectivity index (χ2v) is 8.84. The third-order valence-electron chi connectivity index (χ3n) is 5.45. The first-order valence-electron chi connectivity index (χ1n) is 10.3. The molecule has 4 rings (SSSR count). The number of unbranched alkanes of at least 4 members (excludes halogenated alkanes) is 1. The second kappa shape index (κ2) is 9.35. The van der Waals surface area contributed by atoms with Crippen molar-refractivity contribution >= 4 is 22.9 Å². The summed E-state index contributed by atoms with van der Waals surface area (Å²) in [5, 5.41) is 1.79. The largest absolute Gasteiger partial charge is 0.461 e. The third-order valence-corrected chi connectivity index (χ3v) is 6.43. The number of benzene rings is 2. The number of thioether (sulfide) groups is 1. The van der Waals surface area contributed by atoms with Gasteiger partial charge in [-0.15, -0.1) is 0 Å². The average molecular weight is 420 g/mol. The van der Waals surface area contributed by atoms with Crippen molar-refractivity contribution in [3.05, 3.63) is 83.1 Å². The smallest absolute Gasteiger partial charge is 0.286 e. The zero-order valence-electron chi connectivity index (χ0n) is 17.0. The van der Waals surface area contributed by atoms with Crippen LogP contribution in [0.2, 0.25) is 0 Å². The number of furan rings is 1. The van der Waals surface area contributed by atoms with Gasteiger partial charge < -0.3 is 4.42 Å². The quantitative estimate of drug-likeness (QED) is 0.475. The van der Waals surface area contributed by atoms with Gasteiger partial charge in [-0.05, 0) is 61.8 Å². The molecule has 1 fully saturated rings. The lowest BCUT2D eigenvalue weighted by Crippen LogP contribution is -2.25. The van der Waals surface area contributed by atoms with Crippen LogP contribution in [0.15, 0.2) is 65.1 Å². The van der Waals surface area contributed by atoms with E-state index in [4.69, 9.17) is 4.42 Å². The number of aryl methyl sites for hydroxylation is 3. The number of imide groups is 1. The van der Waals surface area contributed by atoms with Crippen molar-refractivity contribution in [2.24, 2.45) is 0 Å². The Hall–Kier alpha value is -2.79. The zero-order chi connectivity index (χ0) is 20.9. The molecular weight excluding hydrogens is 394 g/mol. The first kappa shape index (κ1) is 20.5. The van der Waals surface area contributed by atoms with Gasteiger partial charge in [-0.2, -0.15) is 0 Å². The molecule has 154 valence electrons. The van der Waals surface area contributed by atoms with E-state index in [0.717, 1.165) is 60.1 Å². The Morgan fingerprint density at radius 3 is 2.33 bits per heavy atom. The maximum absolute atomic E-state index is 11.7. The molecule has 1 unspecified atom stereocenters. The minimum absolute atomic E-state index is 0.181. The number of hydrogen-bond donors (Lipinski definition) is 1. The predicted octanol–water partition coefficient (Wildman–Crippen LogP) is 5.71. The number of hydrogen-bond acceptors (Lipinski definition) is 4. The predicted molar refractivity (Wildman–Crippen MR) is 121 cm³/mol. The minimum atomic E-state index is -0.303. The lowest BCUT2D eigenvalue weighted by Gasteiger charge is -2.07. The molecule has 5 heteroatoms. The van der Waals surface area contributed by atoms with Crippen molar-refractivity contribution in [2.45, 2.75) is 44.3 Å². The molecule has 0 radical (unpaired) electrons. The summed E-state index contributed by atoms with van der Waals surface area (Å²) in [5.74, 6) is 1.76. The summed E-state index contributed by atoms with van der Waals surface area (Å²) in [6.45, 7) is 2.04. The molecule has 0 spiro atoms. The van der Waals surface area contributed by atoms with E-state index in [1.54, 1.807) is 0 Å². The SMILES string of the molecule is Cc1oc(-c2ccccc2)cc1CCCCc1ccc(CC2SC(=O)NC2=O)cc1. The van der Waals surface area contributed by atoms with Crippen LogP contribution in [0.25, 0.3) is 11.3 Å². The fourth-order valence-electron chi connectivity index (χ4n) is 3.74. The molecule has 2 aromatic carbocycles. The molecule has 2 heterocycles. The zero-order valence-corrected chi connectivity index (χ0v) is 17.8. The van der Waals surface area contributed by atoms with Crippen molar-refractivity contribution in [3.63, 3.8) is 0 Å². The molecule has 0 saturated carbocycles. The van der Waals surface area contributed by atoms with E-state index in [-0.39, 0.29) is 16.4 Å². The molecule has 1 N–H and O–H groups in total. The highest BCUT2D eigenvalue weighted by Crippen LogP contribution is 2.26.